The Labute approximate surface area is 66.5 Å². The Morgan fingerprint density at radius 2 is 2.09 bits per heavy atom. The van der Waals surface area contributed by atoms with Crippen molar-refractivity contribution in [3.05, 3.63) is 0 Å². The summed E-state index contributed by atoms with van der Waals surface area (Å²) in [6.07, 6.45) is 2.58. The highest BCUT2D eigenvalue weighted by molar-refractivity contribution is 5.73. The molecule has 3 heteroatoms. The predicted molar refractivity (Wildman–Crippen MR) is 42.0 cm³/mol. The van der Waals surface area contributed by atoms with Gasteiger partial charge in [-0.25, -0.2) is 4.79 Å². The van der Waals surface area contributed by atoms with Crippen LogP contribution in [0.5, 0.6) is 0 Å². The van der Waals surface area contributed by atoms with Crippen LogP contribution in [-0.4, -0.2) is 24.0 Å². The monoisotopic (exact) mass is 154 g/mol. The van der Waals surface area contributed by atoms with E-state index in [0.29, 0.717) is 5.41 Å². The molecule has 1 aliphatic heterocycles. The van der Waals surface area contributed by atoms with Crippen LogP contribution in [-0.2, 0) is 0 Å². The van der Waals surface area contributed by atoms with E-state index in [-0.39, 0.29) is 6.03 Å². The molecule has 0 bridgehead atoms. The van der Waals surface area contributed by atoms with Crippen molar-refractivity contribution >= 4 is 6.03 Å². The van der Waals surface area contributed by atoms with Crippen LogP contribution in [0.2, 0.25) is 0 Å². The van der Waals surface area contributed by atoms with E-state index in [2.05, 4.69) is 6.92 Å². The molecule has 1 saturated heterocycles. The second-order valence-corrected chi connectivity index (χ2v) is 4.21. The highest BCUT2D eigenvalue weighted by atomic mass is 16.2. The Morgan fingerprint density at radius 3 is 2.45 bits per heavy atom. The van der Waals surface area contributed by atoms with E-state index in [0.717, 1.165) is 19.0 Å². The summed E-state index contributed by atoms with van der Waals surface area (Å²) in [5, 5.41) is 0. The van der Waals surface area contributed by atoms with Crippen LogP contribution in [0, 0.1) is 11.3 Å². The second-order valence-electron chi connectivity index (χ2n) is 4.21. The molecule has 0 aromatic heterocycles. The van der Waals surface area contributed by atoms with Crippen molar-refractivity contribution in [2.24, 2.45) is 17.1 Å². The number of carbonyl (C=O) groups excluding carboxylic acids is 1. The maximum Gasteiger partial charge on any atom is 0.314 e. The summed E-state index contributed by atoms with van der Waals surface area (Å²) in [6, 6.07) is -0.254. The number of nitrogens with zero attached hydrogens (tertiary/aromatic N) is 1. The zero-order valence-corrected chi connectivity index (χ0v) is 6.84. The number of amides is 2. The van der Waals surface area contributed by atoms with E-state index < -0.39 is 0 Å². The quantitative estimate of drug-likeness (QED) is 0.551. The summed E-state index contributed by atoms with van der Waals surface area (Å²) in [5.74, 6) is 0.866. The molecule has 1 saturated carbocycles. The van der Waals surface area contributed by atoms with Crippen LogP contribution < -0.4 is 5.73 Å². The van der Waals surface area contributed by atoms with Crippen LogP contribution in [0.25, 0.3) is 0 Å². The maximum atomic E-state index is 10.6. The molecule has 1 aliphatic carbocycles. The minimum absolute atomic E-state index is 0.254. The molecular weight excluding hydrogens is 140 g/mol. The number of rotatable bonds is 0. The van der Waals surface area contributed by atoms with E-state index in [1.165, 1.54) is 12.8 Å². The molecule has 2 amide bonds. The van der Waals surface area contributed by atoms with Gasteiger partial charge in [0.15, 0.2) is 0 Å². The largest absolute Gasteiger partial charge is 0.351 e. The first-order valence-electron chi connectivity index (χ1n) is 4.16. The number of likely N-dealkylation sites (tertiary alicyclic amines) is 1. The lowest BCUT2D eigenvalue weighted by atomic mass is 9.58. The van der Waals surface area contributed by atoms with Gasteiger partial charge in [-0.2, -0.15) is 0 Å². The van der Waals surface area contributed by atoms with Crippen LogP contribution in [0.15, 0.2) is 0 Å². The normalized spacial score (nSPS) is 27.9. The van der Waals surface area contributed by atoms with Gasteiger partial charge in [0, 0.05) is 18.5 Å². The Kier molecular flexibility index (Phi) is 1.20. The zero-order chi connectivity index (χ0) is 8.06. The molecule has 1 heterocycles. The number of urea groups is 1. The second kappa shape index (κ2) is 1.90. The molecule has 2 fully saturated rings. The molecule has 0 unspecified atom stereocenters. The minimum atomic E-state index is -0.254. The van der Waals surface area contributed by atoms with Crippen LogP contribution >= 0.6 is 0 Å². The molecule has 2 aliphatic rings. The lowest BCUT2D eigenvalue weighted by molar-refractivity contribution is -0.0633. The van der Waals surface area contributed by atoms with Crippen LogP contribution in [0.3, 0.4) is 0 Å². The molecule has 0 aromatic rings. The third-order valence-corrected chi connectivity index (χ3v) is 2.93. The SMILES string of the molecule is CC1CC2(C1)CN(C(N)=O)C2. The maximum absolute atomic E-state index is 10.6. The van der Waals surface area contributed by atoms with E-state index in [9.17, 15) is 4.79 Å². The van der Waals surface area contributed by atoms with E-state index >= 15 is 0 Å². The Hall–Kier alpha value is -0.730. The predicted octanol–water partition coefficient (Wildman–Crippen LogP) is 0.797. The number of primary amides is 1. The van der Waals surface area contributed by atoms with Gasteiger partial charge in [0.2, 0.25) is 0 Å². The Morgan fingerprint density at radius 1 is 1.55 bits per heavy atom. The van der Waals surface area contributed by atoms with Crippen molar-refractivity contribution in [3.8, 4) is 0 Å². The fourth-order valence-corrected chi connectivity index (χ4v) is 2.60. The molecule has 2 rings (SSSR count). The van der Waals surface area contributed by atoms with Gasteiger partial charge >= 0.3 is 6.03 Å². The summed E-state index contributed by atoms with van der Waals surface area (Å²) in [7, 11) is 0. The van der Waals surface area contributed by atoms with Gasteiger partial charge < -0.3 is 10.6 Å². The topological polar surface area (TPSA) is 46.3 Å². The standard InChI is InChI=1S/C8H14N2O/c1-6-2-8(3-6)4-10(5-8)7(9)11/h6H,2-5H2,1H3,(H2,9,11). The molecule has 3 nitrogen and oxygen atoms in total. The van der Waals surface area contributed by atoms with Crippen molar-refractivity contribution in [1.29, 1.82) is 0 Å². The third kappa shape index (κ3) is 0.905. The Bertz CT molecular complexity index is 188. The van der Waals surface area contributed by atoms with Gasteiger partial charge in [0.1, 0.15) is 0 Å². The third-order valence-electron chi connectivity index (χ3n) is 2.93. The first-order valence-corrected chi connectivity index (χ1v) is 4.16. The van der Waals surface area contributed by atoms with Gasteiger partial charge in [-0.3, -0.25) is 0 Å². The molecule has 0 aromatic carbocycles. The summed E-state index contributed by atoms with van der Waals surface area (Å²) >= 11 is 0. The summed E-state index contributed by atoms with van der Waals surface area (Å²) in [5.41, 5.74) is 5.61. The smallest absolute Gasteiger partial charge is 0.314 e. The van der Waals surface area contributed by atoms with Crippen LogP contribution in [0.1, 0.15) is 19.8 Å². The molecular formula is C8H14N2O. The number of hydrogen-bond acceptors (Lipinski definition) is 1. The van der Waals surface area contributed by atoms with Gasteiger partial charge in [-0.15, -0.1) is 0 Å². The summed E-state index contributed by atoms with van der Waals surface area (Å²) in [4.78, 5) is 12.4. The summed E-state index contributed by atoms with van der Waals surface area (Å²) < 4.78 is 0. The molecule has 0 radical (unpaired) electrons. The fourth-order valence-electron chi connectivity index (χ4n) is 2.60. The van der Waals surface area contributed by atoms with Crippen molar-refractivity contribution in [1.82, 2.24) is 4.90 Å². The van der Waals surface area contributed by atoms with Crippen molar-refractivity contribution in [2.75, 3.05) is 13.1 Å². The lowest BCUT2D eigenvalue weighted by Gasteiger charge is -2.58. The van der Waals surface area contributed by atoms with E-state index in [1.54, 1.807) is 4.90 Å². The van der Waals surface area contributed by atoms with Crippen molar-refractivity contribution in [2.45, 2.75) is 19.8 Å². The van der Waals surface area contributed by atoms with Gasteiger partial charge in [0.25, 0.3) is 0 Å². The number of nitrogens with two attached hydrogens (primary N) is 1. The highest BCUT2D eigenvalue weighted by Crippen LogP contribution is 2.51. The number of carbonyl (C=O) groups is 1. The van der Waals surface area contributed by atoms with Gasteiger partial charge in [-0.05, 0) is 18.8 Å². The fraction of sp³-hybridized carbons (Fsp3) is 0.875. The average molecular weight is 154 g/mol. The van der Waals surface area contributed by atoms with Crippen molar-refractivity contribution in [3.63, 3.8) is 0 Å². The van der Waals surface area contributed by atoms with Gasteiger partial charge in [-0.1, -0.05) is 6.92 Å². The molecule has 2 N–H and O–H groups in total. The minimum Gasteiger partial charge on any atom is -0.351 e. The first kappa shape index (κ1) is 6.95. The lowest BCUT2D eigenvalue weighted by Crippen LogP contribution is -2.64. The zero-order valence-electron chi connectivity index (χ0n) is 6.84. The Balaban J connectivity index is 1.84. The molecule has 0 atom stereocenters. The van der Waals surface area contributed by atoms with E-state index in [4.69, 9.17) is 5.73 Å². The van der Waals surface area contributed by atoms with Crippen molar-refractivity contribution < 1.29 is 4.79 Å². The average Bonchev–Trinajstić information content (AvgIpc) is 1.73. The molecule has 1 spiro atoms. The van der Waals surface area contributed by atoms with Gasteiger partial charge in [0.05, 0.1) is 0 Å². The molecule has 11 heavy (non-hydrogen) atoms. The first-order chi connectivity index (χ1) is 5.11. The van der Waals surface area contributed by atoms with Crippen LogP contribution in [0.4, 0.5) is 4.79 Å². The number of hydrogen-bond donors (Lipinski definition) is 1. The molecule has 62 valence electrons. The highest BCUT2D eigenvalue weighted by Gasteiger charge is 2.51. The van der Waals surface area contributed by atoms with E-state index in [1.807, 2.05) is 0 Å². The summed E-state index contributed by atoms with van der Waals surface area (Å²) in [6.45, 7) is 4.08.